The summed E-state index contributed by atoms with van der Waals surface area (Å²) in [5, 5.41) is 16.9. The molecule has 0 saturated carbocycles. The van der Waals surface area contributed by atoms with Crippen molar-refractivity contribution in [3.63, 3.8) is 0 Å². The molecular weight excluding hydrogens is 106 g/mol. The molecule has 3 heteroatoms. The highest BCUT2D eigenvalue weighted by molar-refractivity contribution is 4.88. The van der Waals surface area contributed by atoms with Gasteiger partial charge in [0.2, 0.25) is 0 Å². The molecular formula is C5H11NO2. The minimum absolute atomic E-state index is 0.254. The summed E-state index contributed by atoms with van der Waals surface area (Å²) in [6.45, 7) is 3.10. The van der Waals surface area contributed by atoms with Crippen LogP contribution in [-0.2, 0) is 0 Å². The smallest absolute Gasteiger partial charge is 0.0824 e. The van der Waals surface area contributed by atoms with Gasteiger partial charge in [-0.3, -0.25) is 0 Å². The number of aliphatic hydroxyl groups is 2. The lowest BCUT2D eigenvalue weighted by Crippen LogP contribution is -2.14. The van der Waals surface area contributed by atoms with Crippen LogP contribution in [0.4, 0.5) is 0 Å². The van der Waals surface area contributed by atoms with E-state index in [-0.39, 0.29) is 13.0 Å². The summed E-state index contributed by atoms with van der Waals surface area (Å²) in [6.07, 6.45) is -0.469. The first-order valence-electron chi connectivity index (χ1n) is 2.39. The second kappa shape index (κ2) is 3.46. The van der Waals surface area contributed by atoms with E-state index < -0.39 is 6.10 Å². The van der Waals surface area contributed by atoms with E-state index in [4.69, 9.17) is 15.9 Å². The molecule has 0 aliphatic carbocycles. The summed E-state index contributed by atoms with van der Waals surface area (Å²) in [5.41, 5.74) is 5.50. The molecule has 0 fully saturated rings. The minimum Gasteiger partial charge on any atom is -0.402 e. The average Bonchev–Trinajstić information content (AvgIpc) is 1.65. The second-order valence-electron chi connectivity index (χ2n) is 1.70. The molecule has 8 heavy (non-hydrogen) atoms. The Morgan fingerprint density at radius 2 is 2.25 bits per heavy atom. The van der Waals surface area contributed by atoms with E-state index in [0.29, 0.717) is 5.70 Å². The highest BCUT2D eigenvalue weighted by Gasteiger charge is 1.99. The van der Waals surface area contributed by atoms with Gasteiger partial charge in [0.15, 0.2) is 0 Å². The van der Waals surface area contributed by atoms with Gasteiger partial charge in [0.05, 0.1) is 12.7 Å². The summed E-state index contributed by atoms with van der Waals surface area (Å²) in [4.78, 5) is 0. The highest BCUT2D eigenvalue weighted by atomic mass is 16.3. The zero-order valence-electron chi connectivity index (χ0n) is 4.67. The normalized spacial score (nSPS) is 13.2. The second-order valence-corrected chi connectivity index (χ2v) is 1.70. The van der Waals surface area contributed by atoms with Crippen LogP contribution in [0.1, 0.15) is 6.42 Å². The minimum atomic E-state index is -0.743. The van der Waals surface area contributed by atoms with Crippen molar-refractivity contribution in [3.05, 3.63) is 12.3 Å². The molecule has 0 bridgehead atoms. The topological polar surface area (TPSA) is 66.5 Å². The molecule has 0 aliphatic rings. The fourth-order valence-corrected chi connectivity index (χ4v) is 0.367. The Hall–Kier alpha value is -0.540. The van der Waals surface area contributed by atoms with Crippen molar-refractivity contribution >= 4 is 0 Å². The maximum absolute atomic E-state index is 8.64. The van der Waals surface area contributed by atoms with Gasteiger partial charge in [0.1, 0.15) is 0 Å². The predicted octanol–water partition coefficient (Wildman–Crippen LogP) is -0.798. The fourth-order valence-electron chi connectivity index (χ4n) is 0.367. The van der Waals surface area contributed by atoms with Gasteiger partial charge >= 0.3 is 0 Å². The molecule has 0 saturated heterocycles. The van der Waals surface area contributed by atoms with Crippen LogP contribution in [0, 0.1) is 0 Å². The maximum Gasteiger partial charge on any atom is 0.0824 e. The van der Waals surface area contributed by atoms with E-state index >= 15 is 0 Å². The van der Waals surface area contributed by atoms with E-state index in [1.807, 2.05) is 0 Å². The quantitative estimate of drug-likeness (QED) is 0.453. The van der Waals surface area contributed by atoms with Gasteiger partial charge in [-0.05, 0) is 0 Å². The Bertz CT molecular complexity index is 82.5. The van der Waals surface area contributed by atoms with E-state index in [1.165, 1.54) is 0 Å². The fraction of sp³-hybridized carbons (Fsp3) is 0.600. The lowest BCUT2D eigenvalue weighted by molar-refractivity contribution is 0.0953. The zero-order valence-corrected chi connectivity index (χ0v) is 4.67. The van der Waals surface area contributed by atoms with Crippen molar-refractivity contribution in [2.75, 3.05) is 6.61 Å². The third-order valence-corrected chi connectivity index (χ3v) is 0.709. The molecule has 4 N–H and O–H groups in total. The molecule has 1 unspecified atom stereocenters. The molecule has 0 aromatic heterocycles. The Labute approximate surface area is 48.4 Å². The van der Waals surface area contributed by atoms with Crippen molar-refractivity contribution in [2.45, 2.75) is 12.5 Å². The third kappa shape index (κ3) is 3.64. The standard InChI is InChI=1S/C5H11NO2/c1-4(6)2-5(8)3-7/h5,7-8H,1-3,6H2. The van der Waals surface area contributed by atoms with Gasteiger partial charge in [0.25, 0.3) is 0 Å². The molecule has 1 atom stereocenters. The van der Waals surface area contributed by atoms with Gasteiger partial charge in [0, 0.05) is 12.1 Å². The van der Waals surface area contributed by atoms with Crippen LogP contribution in [0.15, 0.2) is 12.3 Å². The summed E-state index contributed by atoms with van der Waals surface area (Å²) in [6, 6.07) is 0. The van der Waals surface area contributed by atoms with Crippen molar-refractivity contribution < 1.29 is 10.2 Å². The van der Waals surface area contributed by atoms with E-state index in [1.54, 1.807) is 0 Å². The summed E-state index contributed by atoms with van der Waals surface area (Å²) in [7, 11) is 0. The molecule has 0 heterocycles. The Kier molecular flexibility index (Phi) is 3.23. The zero-order chi connectivity index (χ0) is 6.57. The first kappa shape index (κ1) is 7.46. The summed E-state index contributed by atoms with van der Waals surface area (Å²) >= 11 is 0. The highest BCUT2D eigenvalue weighted by Crippen LogP contribution is 1.93. The van der Waals surface area contributed by atoms with E-state index in [9.17, 15) is 0 Å². The average molecular weight is 117 g/mol. The Morgan fingerprint density at radius 1 is 1.75 bits per heavy atom. The third-order valence-electron chi connectivity index (χ3n) is 0.709. The molecule has 0 aliphatic heterocycles. The number of hydrogen-bond donors (Lipinski definition) is 3. The van der Waals surface area contributed by atoms with Gasteiger partial charge < -0.3 is 15.9 Å². The number of nitrogens with two attached hydrogens (primary N) is 1. The lowest BCUT2D eigenvalue weighted by Gasteiger charge is -2.03. The molecule has 3 nitrogen and oxygen atoms in total. The molecule has 0 radical (unpaired) electrons. The Balaban J connectivity index is 3.24. The van der Waals surface area contributed by atoms with Crippen LogP contribution in [-0.4, -0.2) is 22.9 Å². The number of rotatable bonds is 3. The van der Waals surface area contributed by atoms with Crippen molar-refractivity contribution in [2.24, 2.45) is 5.73 Å². The molecule has 0 aromatic rings. The molecule has 0 spiro atoms. The van der Waals surface area contributed by atoms with E-state index in [2.05, 4.69) is 6.58 Å². The van der Waals surface area contributed by atoms with Crippen molar-refractivity contribution in [3.8, 4) is 0 Å². The molecule has 0 rings (SSSR count). The lowest BCUT2D eigenvalue weighted by atomic mass is 10.2. The first-order valence-corrected chi connectivity index (χ1v) is 2.39. The molecule has 0 aromatic carbocycles. The van der Waals surface area contributed by atoms with Crippen molar-refractivity contribution in [1.29, 1.82) is 0 Å². The predicted molar refractivity (Wildman–Crippen MR) is 31.0 cm³/mol. The molecule has 0 amide bonds. The van der Waals surface area contributed by atoms with Gasteiger partial charge in [-0.1, -0.05) is 6.58 Å². The maximum atomic E-state index is 8.64. The SMILES string of the molecule is C=C(N)CC(O)CO. The van der Waals surface area contributed by atoms with Crippen LogP contribution in [0.3, 0.4) is 0 Å². The largest absolute Gasteiger partial charge is 0.402 e. The van der Waals surface area contributed by atoms with Crippen LogP contribution >= 0.6 is 0 Å². The molecule has 48 valence electrons. The summed E-state index contributed by atoms with van der Waals surface area (Å²) < 4.78 is 0. The van der Waals surface area contributed by atoms with Gasteiger partial charge in [-0.2, -0.15) is 0 Å². The van der Waals surface area contributed by atoms with Gasteiger partial charge in [-0.25, -0.2) is 0 Å². The summed E-state index contributed by atoms with van der Waals surface area (Å²) in [5.74, 6) is 0. The number of hydrogen-bond acceptors (Lipinski definition) is 3. The Morgan fingerprint density at radius 3 is 2.38 bits per heavy atom. The van der Waals surface area contributed by atoms with Crippen LogP contribution in [0.5, 0.6) is 0 Å². The first-order chi connectivity index (χ1) is 3.66. The number of aliphatic hydroxyl groups excluding tert-OH is 2. The van der Waals surface area contributed by atoms with Crippen LogP contribution < -0.4 is 5.73 Å². The van der Waals surface area contributed by atoms with Crippen molar-refractivity contribution in [1.82, 2.24) is 0 Å². The van der Waals surface area contributed by atoms with Crippen LogP contribution in [0.2, 0.25) is 0 Å². The van der Waals surface area contributed by atoms with Crippen LogP contribution in [0.25, 0.3) is 0 Å². The monoisotopic (exact) mass is 117 g/mol. The van der Waals surface area contributed by atoms with Gasteiger partial charge in [-0.15, -0.1) is 0 Å². The van der Waals surface area contributed by atoms with E-state index in [0.717, 1.165) is 0 Å².